The van der Waals surface area contributed by atoms with E-state index >= 15 is 0 Å². The number of ether oxygens (including phenoxy) is 2. The van der Waals surface area contributed by atoms with Gasteiger partial charge in [-0.15, -0.1) is 0 Å². The van der Waals surface area contributed by atoms with Crippen LogP contribution >= 0.6 is 0 Å². The van der Waals surface area contributed by atoms with E-state index < -0.39 is 0 Å². The summed E-state index contributed by atoms with van der Waals surface area (Å²) in [5.74, 6) is 0.0540. The summed E-state index contributed by atoms with van der Waals surface area (Å²) in [4.78, 5) is 13.5. The Kier molecular flexibility index (Phi) is 3.69. The molecule has 1 aliphatic heterocycles. The number of amides is 1. The lowest BCUT2D eigenvalue weighted by Crippen LogP contribution is -2.50. The molecule has 0 radical (unpaired) electrons. The van der Waals surface area contributed by atoms with Gasteiger partial charge in [0.2, 0.25) is 0 Å². The van der Waals surface area contributed by atoms with E-state index in [1.807, 2.05) is 11.8 Å². The Hall–Kier alpha value is -0.610. The van der Waals surface area contributed by atoms with Crippen LogP contribution in [0.15, 0.2) is 0 Å². The van der Waals surface area contributed by atoms with Crippen LogP contribution in [0.5, 0.6) is 0 Å². The van der Waals surface area contributed by atoms with Gasteiger partial charge in [0.1, 0.15) is 6.10 Å². The van der Waals surface area contributed by atoms with Crippen LogP contribution in [-0.4, -0.2) is 49.8 Å². The predicted octanol–water partition coefficient (Wildman–Crippen LogP) is 0.269. The van der Waals surface area contributed by atoms with Gasteiger partial charge in [0.15, 0.2) is 0 Å². The van der Waals surface area contributed by atoms with Crippen LogP contribution < -0.4 is 0 Å². The molecule has 4 nitrogen and oxygen atoms in total. The highest BCUT2D eigenvalue weighted by Crippen LogP contribution is 2.08. The van der Waals surface area contributed by atoms with E-state index in [1.54, 1.807) is 14.0 Å². The first-order chi connectivity index (χ1) is 6.16. The molecule has 0 aromatic rings. The second-order valence-electron chi connectivity index (χ2n) is 3.33. The van der Waals surface area contributed by atoms with Crippen molar-refractivity contribution in [1.82, 2.24) is 4.90 Å². The molecule has 1 saturated heterocycles. The largest absolute Gasteiger partial charge is 0.377 e. The van der Waals surface area contributed by atoms with Gasteiger partial charge in [-0.25, -0.2) is 0 Å². The molecule has 0 saturated carbocycles. The molecule has 2 atom stereocenters. The molecule has 0 aromatic carbocycles. The fraction of sp³-hybridized carbons (Fsp3) is 0.889. The van der Waals surface area contributed by atoms with Crippen molar-refractivity contribution in [2.24, 2.45) is 0 Å². The molecular formula is C9H17NO3. The Bertz CT molecular complexity index is 184. The van der Waals surface area contributed by atoms with E-state index in [-0.39, 0.29) is 18.1 Å². The quantitative estimate of drug-likeness (QED) is 0.623. The Labute approximate surface area is 78.8 Å². The Morgan fingerprint density at radius 3 is 2.92 bits per heavy atom. The van der Waals surface area contributed by atoms with E-state index in [4.69, 9.17) is 9.47 Å². The minimum atomic E-state index is -0.347. The fourth-order valence-electron chi connectivity index (χ4n) is 1.39. The van der Waals surface area contributed by atoms with Crippen LogP contribution in [0.2, 0.25) is 0 Å². The van der Waals surface area contributed by atoms with E-state index in [0.717, 1.165) is 0 Å². The van der Waals surface area contributed by atoms with Gasteiger partial charge in [0.05, 0.1) is 19.3 Å². The molecular weight excluding hydrogens is 170 g/mol. The summed E-state index contributed by atoms with van der Waals surface area (Å²) >= 11 is 0. The van der Waals surface area contributed by atoms with Gasteiger partial charge in [0.25, 0.3) is 5.91 Å². The van der Waals surface area contributed by atoms with Gasteiger partial charge in [0, 0.05) is 13.7 Å². The monoisotopic (exact) mass is 187 g/mol. The van der Waals surface area contributed by atoms with Crippen LogP contribution in [0.25, 0.3) is 0 Å². The molecule has 0 bridgehead atoms. The number of hydrogen-bond acceptors (Lipinski definition) is 3. The zero-order chi connectivity index (χ0) is 9.84. The Morgan fingerprint density at radius 1 is 1.69 bits per heavy atom. The van der Waals surface area contributed by atoms with E-state index in [0.29, 0.717) is 19.8 Å². The van der Waals surface area contributed by atoms with Crippen LogP contribution in [-0.2, 0) is 14.3 Å². The van der Waals surface area contributed by atoms with Crippen molar-refractivity contribution < 1.29 is 14.3 Å². The van der Waals surface area contributed by atoms with Crippen LogP contribution in [0, 0.1) is 0 Å². The van der Waals surface area contributed by atoms with E-state index in [9.17, 15) is 4.79 Å². The van der Waals surface area contributed by atoms with Crippen molar-refractivity contribution >= 4 is 5.91 Å². The third-order valence-corrected chi connectivity index (χ3v) is 2.35. The van der Waals surface area contributed by atoms with Crippen LogP contribution in [0.3, 0.4) is 0 Å². The first-order valence-electron chi connectivity index (χ1n) is 4.58. The first kappa shape index (κ1) is 10.5. The number of nitrogens with zero attached hydrogens (tertiary/aromatic N) is 1. The lowest BCUT2D eigenvalue weighted by Gasteiger charge is -2.34. The van der Waals surface area contributed by atoms with Crippen LogP contribution in [0.1, 0.15) is 13.8 Å². The number of carbonyl (C=O) groups is 1. The topological polar surface area (TPSA) is 38.8 Å². The molecule has 0 aliphatic carbocycles. The molecule has 0 spiro atoms. The zero-order valence-electron chi connectivity index (χ0n) is 8.45. The highest BCUT2D eigenvalue weighted by Gasteiger charge is 2.26. The standard InChI is InChI=1S/C9H17NO3/c1-7-6-13-5-4-10(7)9(11)8(2)12-3/h7-8H,4-6H2,1-3H3. The molecule has 13 heavy (non-hydrogen) atoms. The van der Waals surface area contributed by atoms with Crippen molar-refractivity contribution in [3.63, 3.8) is 0 Å². The third-order valence-electron chi connectivity index (χ3n) is 2.35. The van der Waals surface area contributed by atoms with Gasteiger partial charge in [-0.1, -0.05) is 0 Å². The minimum absolute atomic E-state index is 0.0540. The van der Waals surface area contributed by atoms with Crippen LogP contribution in [0.4, 0.5) is 0 Å². The van der Waals surface area contributed by atoms with Gasteiger partial charge in [-0.3, -0.25) is 4.79 Å². The lowest BCUT2D eigenvalue weighted by atomic mass is 10.2. The van der Waals surface area contributed by atoms with Crippen molar-refractivity contribution in [3.05, 3.63) is 0 Å². The van der Waals surface area contributed by atoms with Crippen molar-refractivity contribution in [2.75, 3.05) is 26.9 Å². The first-order valence-corrected chi connectivity index (χ1v) is 4.58. The minimum Gasteiger partial charge on any atom is -0.377 e. The number of carbonyl (C=O) groups excluding carboxylic acids is 1. The molecule has 76 valence electrons. The SMILES string of the molecule is COC(C)C(=O)N1CCOCC1C. The Morgan fingerprint density at radius 2 is 2.38 bits per heavy atom. The summed E-state index contributed by atoms with van der Waals surface area (Å²) < 4.78 is 10.2. The number of morpholine rings is 1. The number of hydrogen-bond donors (Lipinski definition) is 0. The average molecular weight is 187 g/mol. The lowest BCUT2D eigenvalue weighted by molar-refractivity contribution is -0.148. The molecule has 1 heterocycles. The second-order valence-corrected chi connectivity index (χ2v) is 3.33. The Balaban J connectivity index is 2.53. The van der Waals surface area contributed by atoms with Crippen molar-refractivity contribution in [2.45, 2.75) is 26.0 Å². The maximum absolute atomic E-state index is 11.7. The van der Waals surface area contributed by atoms with E-state index in [2.05, 4.69) is 0 Å². The summed E-state index contributed by atoms with van der Waals surface area (Å²) in [6.07, 6.45) is -0.347. The molecule has 4 heteroatoms. The molecule has 0 aromatic heterocycles. The van der Waals surface area contributed by atoms with Gasteiger partial charge < -0.3 is 14.4 Å². The van der Waals surface area contributed by atoms with Gasteiger partial charge >= 0.3 is 0 Å². The molecule has 2 unspecified atom stereocenters. The molecule has 1 amide bonds. The molecule has 0 N–H and O–H groups in total. The second kappa shape index (κ2) is 4.58. The summed E-state index contributed by atoms with van der Waals surface area (Å²) in [6, 6.07) is 0.166. The summed E-state index contributed by atoms with van der Waals surface area (Å²) in [5, 5.41) is 0. The summed E-state index contributed by atoms with van der Waals surface area (Å²) in [5.41, 5.74) is 0. The summed E-state index contributed by atoms with van der Waals surface area (Å²) in [7, 11) is 1.55. The fourth-order valence-corrected chi connectivity index (χ4v) is 1.39. The normalized spacial score (nSPS) is 25.8. The smallest absolute Gasteiger partial charge is 0.251 e. The third kappa shape index (κ3) is 2.42. The molecule has 1 fully saturated rings. The summed E-state index contributed by atoms with van der Waals surface area (Å²) in [6.45, 7) is 5.69. The van der Waals surface area contributed by atoms with Crippen molar-refractivity contribution in [1.29, 1.82) is 0 Å². The van der Waals surface area contributed by atoms with Gasteiger partial charge in [-0.2, -0.15) is 0 Å². The van der Waals surface area contributed by atoms with Crippen molar-refractivity contribution in [3.8, 4) is 0 Å². The maximum atomic E-state index is 11.7. The number of rotatable bonds is 2. The average Bonchev–Trinajstić information content (AvgIpc) is 2.16. The highest BCUT2D eigenvalue weighted by molar-refractivity contribution is 5.80. The maximum Gasteiger partial charge on any atom is 0.251 e. The van der Waals surface area contributed by atoms with E-state index in [1.165, 1.54) is 0 Å². The molecule has 1 aliphatic rings. The molecule has 1 rings (SSSR count). The van der Waals surface area contributed by atoms with Gasteiger partial charge in [-0.05, 0) is 13.8 Å². The predicted molar refractivity (Wildman–Crippen MR) is 48.5 cm³/mol. The highest BCUT2D eigenvalue weighted by atomic mass is 16.5. The zero-order valence-corrected chi connectivity index (χ0v) is 8.45. The number of methoxy groups -OCH3 is 1.